The van der Waals surface area contributed by atoms with Crippen molar-refractivity contribution in [3.63, 3.8) is 0 Å². The van der Waals surface area contributed by atoms with E-state index in [0.29, 0.717) is 11.5 Å². The van der Waals surface area contributed by atoms with Crippen molar-refractivity contribution in [2.75, 3.05) is 0 Å². The van der Waals surface area contributed by atoms with Gasteiger partial charge in [-0.1, -0.05) is 158 Å². The predicted molar refractivity (Wildman–Crippen MR) is 273 cm³/mol. The Hall–Kier alpha value is -7.92. The molecular weight excluding hydrogens is 795 g/mol. The van der Waals surface area contributed by atoms with E-state index >= 15 is 0 Å². The van der Waals surface area contributed by atoms with Crippen molar-refractivity contribution in [1.29, 1.82) is 0 Å². The monoisotopic (exact) mass is 835 g/mol. The number of hydrogen-bond donors (Lipinski definition) is 0. The topological polar surface area (TPSA) is 29.6 Å². The van der Waals surface area contributed by atoms with E-state index in [9.17, 15) is 0 Å². The molecule has 0 fully saturated rings. The Kier molecular flexibility index (Phi) is 9.13. The molecule has 0 atom stereocenters. The molecule has 0 radical (unpaired) electrons. The van der Waals surface area contributed by atoms with Crippen LogP contribution in [0.2, 0.25) is 0 Å². The third kappa shape index (κ3) is 6.50. The van der Waals surface area contributed by atoms with E-state index in [1.165, 1.54) is 64.4 Å². The Morgan fingerprint density at radius 1 is 0.484 bits per heavy atom. The maximum Gasteiger partial charge on any atom is 0.160 e. The van der Waals surface area contributed by atoms with E-state index < -0.39 is 0 Å². The Bertz CT molecular complexity index is 3720. The summed E-state index contributed by atoms with van der Waals surface area (Å²) in [5.41, 5.74) is 18.1. The summed E-state index contributed by atoms with van der Waals surface area (Å²) in [6.45, 7) is 6.76. The largest absolute Gasteiger partial charge is 0.309 e. The van der Waals surface area contributed by atoms with Gasteiger partial charge in [-0.15, -0.1) is 11.3 Å². The summed E-state index contributed by atoms with van der Waals surface area (Å²) in [4.78, 5) is 10.7. The second kappa shape index (κ2) is 15.5. The highest BCUT2D eigenvalue weighted by Gasteiger charge is 2.23. The first-order valence-corrected chi connectivity index (χ1v) is 22.6. The summed E-state index contributed by atoms with van der Waals surface area (Å²) < 4.78 is 4.88. The first-order valence-electron chi connectivity index (χ1n) is 21.8. The summed E-state index contributed by atoms with van der Waals surface area (Å²) in [6, 6.07) is 74.0. The lowest BCUT2D eigenvalue weighted by Crippen LogP contribution is -2.05. The van der Waals surface area contributed by atoms with Crippen molar-refractivity contribution in [2.45, 2.75) is 13.3 Å². The van der Waals surface area contributed by atoms with Crippen molar-refractivity contribution in [3.05, 3.63) is 241 Å². The number of para-hydroxylation sites is 1. The zero-order chi connectivity index (χ0) is 42.7. The molecule has 11 aromatic rings. The van der Waals surface area contributed by atoms with Crippen molar-refractivity contribution >= 4 is 70.6 Å². The number of amidine groups is 1. The SMILES string of the molecule is C=C(N=C(N=C(C)c1cccc(-c2ccccc2)c1)c1cccc(-c2ccccc2)c1)c1cccc2sc3ccc(-n4c5ccccc5c5cc6c(cc54)Cc4ccccc4-6)cc3c12. The number of aliphatic imine (C=N–C) groups is 2. The quantitative estimate of drug-likeness (QED) is 0.113. The first kappa shape index (κ1) is 37.8. The second-order valence-corrected chi connectivity index (χ2v) is 17.7. The maximum absolute atomic E-state index is 5.37. The zero-order valence-corrected chi connectivity index (χ0v) is 36.1. The number of hydrogen-bond acceptors (Lipinski definition) is 2. The maximum atomic E-state index is 5.37. The number of benzene rings is 9. The number of aromatic nitrogens is 1. The average molecular weight is 836 g/mol. The fraction of sp³-hybridized carbons (Fsp3) is 0.0333. The molecular formula is C60H41N3S. The second-order valence-electron chi connectivity index (χ2n) is 16.6. The molecule has 4 heteroatoms. The van der Waals surface area contributed by atoms with Gasteiger partial charge in [-0.05, 0) is 118 Å². The molecule has 2 aromatic heterocycles. The normalized spacial score (nSPS) is 12.6. The van der Waals surface area contributed by atoms with E-state index in [1.54, 1.807) is 0 Å². The van der Waals surface area contributed by atoms with Gasteiger partial charge in [-0.3, -0.25) is 0 Å². The van der Waals surface area contributed by atoms with E-state index in [-0.39, 0.29) is 0 Å². The summed E-state index contributed by atoms with van der Waals surface area (Å²) >= 11 is 1.81. The molecule has 0 amide bonds. The third-order valence-corrected chi connectivity index (χ3v) is 13.9. The summed E-state index contributed by atoms with van der Waals surface area (Å²) in [7, 11) is 0. The molecule has 0 saturated heterocycles. The van der Waals surface area contributed by atoms with E-state index in [2.05, 4.69) is 212 Å². The highest BCUT2D eigenvalue weighted by atomic mass is 32.1. The van der Waals surface area contributed by atoms with Gasteiger partial charge < -0.3 is 4.57 Å². The molecule has 1 aliphatic carbocycles. The van der Waals surface area contributed by atoms with Crippen LogP contribution in [0.15, 0.2) is 223 Å². The van der Waals surface area contributed by atoms with Crippen LogP contribution in [0.4, 0.5) is 0 Å². The van der Waals surface area contributed by atoms with Gasteiger partial charge in [0.2, 0.25) is 0 Å². The van der Waals surface area contributed by atoms with Gasteiger partial charge in [0.15, 0.2) is 5.84 Å². The minimum absolute atomic E-state index is 0.614. The predicted octanol–water partition coefficient (Wildman–Crippen LogP) is 16.0. The molecule has 2 heterocycles. The molecule has 12 rings (SSSR count). The van der Waals surface area contributed by atoms with Crippen LogP contribution >= 0.6 is 11.3 Å². The first-order chi connectivity index (χ1) is 31.5. The number of nitrogens with zero attached hydrogens (tertiary/aromatic N) is 3. The van der Waals surface area contributed by atoms with Crippen molar-refractivity contribution < 1.29 is 0 Å². The van der Waals surface area contributed by atoms with Gasteiger partial charge >= 0.3 is 0 Å². The molecule has 0 spiro atoms. The Morgan fingerprint density at radius 2 is 1.16 bits per heavy atom. The minimum Gasteiger partial charge on any atom is -0.309 e. The number of fused-ring (bicyclic) bond motifs is 9. The van der Waals surface area contributed by atoms with Crippen LogP contribution < -0.4 is 0 Å². The van der Waals surface area contributed by atoms with Crippen LogP contribution in [0.25, 0.3) is 86.7 Å². The minimum atomic E-state index is 0.614. The van der Waals surface area contributed by atoms with E-state index in [4.69, 9.17) is 9.98 Å². The molecule has 0 N–H and O–H groups in total. The van der Waals surface area contributed by atoms with Crippen molar-refractivity contribution in [2.24, 2.45) is 9.98 Å². The highest BCUT2D eigenvalue weighted by molar-refractivity contribution is 7.25. The van der Waals surface area contributed by atoms with Crippen LogP contribution in [0, 0.1) is 0 Å². The van der Waals surface area contributed by atoms with Crippen LogP contribution in [-0.2, 0) is 6.42 Å². The fourth-order valence-corrected chi connectivity index (χ4v) is 10.8. The number of rotatable bonds is 7. The van der Waals surface area contributed by atoms with Gasteiger partial charge in [0, 0.05) is 53.5 Å². The summed E-state index contributed by atoms with van der Waals surface area (Å²) in [5.74, 6) is 0.614. The van der Waals surface area contributed by atoms with Gasteiger partial charge in [-0.25, -0.2) is 9.98 Å². The standard InChI is InChI=1S/C60H41N3S/c1-38(42-21-13-22-43(32-42)40-16-5-3-6-17-40)61-60(46-24-14-23-44(33-46)41-18-7-4-8-19-41)62-39(2)49-27-15-29-58-59(49)54-36-48(30-31-57(54)64-58)63-55-28-12-11-26-51(55)53-37-52-47(35-56(53)63)34-45-20-9-10-25-50(45)52/h3-33,35-37H,2,34H2,1H3. The van der Waals surface area contributed by atoms with Gasteiger partial charge in [0.25, 0.3) is 0 Å². The average Bonchev–Trinajstić information content (AvgIpc) is 4.02. The molecule has 0 unspecified atom stereocenters. The summed E-state index contributed by atoms with van der Waals surface area (Å²) in [6.07, 6.45) is 0.950. The smallest absolute Gasteiger partial charge is 0.160 e. The lowest BCUT2D eigenvalue weighted by atomic mass is 10.0. The highest BCUT2D eigenvalue weighted by Crippen LogP contribution is 2.44. The molecule has 1 aliphatic rings. The van der Waals surface area contributed by atoms with Gasteiger partial charge in [-0.2, -0.15) is 0 Å². The Labute approximate surface area is 376 Å². The number of thiophene rings is 1. The van der Waals surface area contributed by atoms with E-state index in [0.717, 1.165) is 56.6 Å². The molecule has 0 bridgehead atoms. The zero-order valence-electron chi connectivity index (χ0n) is 35.3. The van der Waals surface area contributed by atoms with Gasteiger partial charge in [0.1, 0.15) is 0 Å². The molecule has 0 saturated carbocycles. The molecule has 302 valence electrons. The Morgan fingerprint density at radius 3 is 1.95 bits per heavy atom. The molecule has 0 aliphatic heterocycles. The van der Waals surface area contributed by atoms with Crippen LogP contribution in [0.1, 0.15) is 34.7 Å². The lowest BCUT2D eigenvalue weighted by molar-refractivity contribution is 1.18. The van der Waals surface area contributed by atoms with Crippen LogP contribution in [-0.4, -0.2) is 16.1 Å². The third-order valence-electron chi connectivity index (χ3n) is 12.8. The van der Waals surface area contributed by atoms with Crippen LogP contribution in [0.3, 0.4) is 0 Å². The molecule has 9 aromatic carbocycles. The van der Waals surface area contributed by atoms with Crippen LogP contribution in [0.5, 0.6) is 0 Å². The molecule has 64 heavy (non-hydrogen) atoms. The lowest BCUT2D eigenvalue weighted by Gasteiger charge is -2.11. The molecule has 3 nitrogen and oxygen atoms in total. The van der Waals surface area contributed by atoms with E-state index in [1.807, 2.05) is 23.5 Å². The Balaban J connectivity index is 1.00. The van der Waals surface area contributed by atoms with Crippen molar-refractivity contribution in [3.8, 4) is 39.1 Å². The fourth-order valence-electron chi connectivity index (χ4n) is 9.66. The van der Waals surface area contributed by atoms with Crippen molar-refractivity contribution in [1.82, 2.24) is 4.57 Å². The van der Waals surface area contributed by atoms with Gasteiger partial charge in [0.05, 0.1) is 16.7 Å². The summed E-state index contributed by atoms with van der Waals surface area (Å²) in [5, 5.41) is 4.88.